The fourth-order valence-electron chi connectivity index (χ4n) is 2.20. The number of carbonyl (C=O) groups excluding carboxylic acids is 1. The Bertz CT molecular complexity index is 729. The standard InChI is InChI=1S/C16H12F3NO2S2/c17-16(18,19)13-12(2-1-7-20-13)14(21)22-11-5-3-10(4-6-11)15-23-8-9-24-15/h1-7,15H,8-9H2. The first kappa shape index (κ1) is 17.2. The number of esters is 1. The van der Waals surface area contributed by atoms with Crippen LogP contribution in [0.15, 0.2) is 42.6 Å². The number of pyridine rings is 1. The summed E-state index contributed by atoms with van der Waals surface area (Å²) in [6.07, 6.45) is -3.72. The van der Waals surface area contributed by atoms with Gasteiger partial charge in [-0.2, -0.15) is 13.2 Å². The van der Waals surface area contributed by atoms with Crippen LogP contribution in [0.4, 0.5) is 13.2 Å². The normalized spacial score (nSPS) is 15.5. The zero-order valence-electron chi connectivity index (χ0n) is 12.2. The summed E-state index contributed by atoms with van der Waals surface area (Å²) >= 11 is 3.68. The Morgan fingerprint density at radius 1 is 1.12 bits per heavy atom. The van der Waals surface area contributed by atoms with Gasteiger partial charge in [-0.25, -0.2) is 4.79 Å². The van der Waals surface area contributed by atoms with Crippen molar-refractivity contribution in [2.24, 2.45) is 0 Å². The average molecular weight is 371 g/mol. The number of nitrogens with zero attached hydrogens (tertiary/aromatic N) is 1. The summed E-state index contributed by atoms with van der Waals surface area (Å²) in [5, 5.41) is 0. The van der Waals surface area contributed by atoms with E-state index in [9.17, 15) is 18.0 Å². The molecular formula is C16H12F3NO2S2. The summed E-state index contributed by atoms with van der Waals surface area (Å²) in [5.74, 6) is 1.31. The molecule has 126 valence electrons. The molecule has 3 rings (SSSR count). The molecule has 1 fully saturated rings. The van der Waals surface area contributed by atoms with Crippen molar-refractivity contribution in [3.05, 3.63) is 59.4 Å². The Hall–Kier alpha value is -1.67. The van der Waals surface area contributed by atoms with Gasteiger partial charge in [-0.3, -0.25) is 4.98 Å². The summed E-state index contributed by atoms with van der Waals surface area (Å²) < 4.78 is 44.1. The van der Waals surface area contributed by atoms with E-state index in [-0.39, 0.29) is 5.75 Å². The fourth-order valence-corrected chi connectivity index (χ4v) is 5.06. The minimum Gasteiger partial charge on any atom is -0.423 e. The predicted molar refractivity (Wildman–Crippen MR) is 88.3 cm³/mol. The van der Waals surface area contributed by atoms with E-state index >= 15 is 0 Å². The van der Waals surface area contributed by atoms with E-state index in [1.807, 2.05) is 35.7 Å². The zero-order chi connectivity index (χ0) is 17.2. The van der Waals surface area contributed by atoms with Gasteiger partial charge in [0.1, 0.15) is 5.75 Å². The third-order valence-electron chi connectivity index (χ3n) is 3.28. The number of rotatable bonds is 3. The smallest absolute Gasteiger partial charge is 0.423 e. The Morgan fingerprint density at radius 3 is 2.42 bits per heavy atom. The van der Waals surface area contributed by atoms with E-state index in [1.165, 1.54) is 6.07 Å². The second kappa shape index (κ2) is 7.06. The molecule has 3 nitrogen and oxygen atoms in total. The maximum Gasteiger partial charge on any atom is 0.434 e. The molecule has 0 spiro atoms. The van der Waals surface area contributed by atoms with Gasteiger partial charge < -0.3 is 4.74 Å². The third kappa shape index (κ3) is 3.87. The molecule has 1 aliphatic heterocycles. The lowest BCUT2D eigenvalue weighted by Crippen LogP contribution is -2.18. The highest BCUT2D eigenvalue weighted by Gasteiger charge is 2.37. The van der Waals surface area contributed by atoms with Gasteiger partial charge in [-0.15, -0.1) is 23.5 Å². The molecule has 0 N–H and O–H groups in total. The number of hydrogen-bond acceptors (Lipinski definition) is 5. The third-order valence-corrected chi connectivity index (χ3v) is 6.39. The van der Waals surface area contributed by atoms with Crippen LogP contribution in [0, 0.1) is 0 Å². The highest BCUT2D eigenvalue weighted by molar-refractivity contribution is 8.19. The number of aromatic nitrogens is 1. The molecule has 1 saturated heterocycles. The van der Waals surface area contributed by atoms with Crippen molar-refractivity contribution in [3.63, 3.8) is 0 Å². The topological polar surface area (TPSA) is 39.2 Å². The van der Waals surface area contributed by atoms with Gasteiger partial charge in [0.25, 0.3) is 0 Å². The summed E-state index contributed by atoms with van der Waals surface area (Å²) in [6, 6.07) is 9.16. The van der Waals surface area contributed by atoms with Crippen LogP contribution in [0.25, 0.3) is 0 Å². The van der Waals surface area contributed by atoms with E-state index < -0.39 is 23.4 Å². The van der Waals surface area contributed by atoms with Crippen LogP contribution in [0.1, 0.15) is 26.2 Å². The lowest BCUT2D eigenvalue weighted by molar-refractivity contribution is -0.141. The quantitative estimate of drug-likeness (QED) is 0.573. The lowest BCUT2D eigenvalue weighted by Gasteiger charge is -2.12. The number of thioether (sulfide) groups is 2. The molecule has 2 aromatic rings. The van der Waals surface area contributed by atoms with Crippen molar-refractivity contribution in [1.82, 2.24) is 4.98 Å². The van der Waals surface area contributed by atoms with Crippen LogP contribution in [0.2, 0.25) is 0 Å². The molecule has 1 aliphatic rings. The van der Waals surface area contributed by atoms with E-state index in [0.29, 0.717) is 4.58 Å². The molecular weight excluding hydrogens is 359 g/mol. The minimum absolute atomic E-state index is 0.203. The highest BCUT2D eigenvalue weighted by Crippen LogP contribution is 2.45. The zero-order valence-corrected chi connectivity index (χ0v) is 13.9. The first-order chi connectivity index (χ1) is 11.4. The fraction of sp³-hybridized carbons (Fsp3) is 0.250. The Kier molecular flexibility index (Phi) is 5.05. The second-order valence-electron chi connectivity index (χ2n) is 4.93. The maximum absolute atomic E-state index is 12.9. The molecule has 2 heterocycles. The number of alkyl halides is 3. The highest BCUT2D eigenvalue weighted by atomic mass is 32.2. The summed E-state index contributed by atoms with van der Waals surface area (Å²) in [5.41, 5.74) is -0.749. The van der Waals surface area contributed by atoms with Gasteiger partial charge >= 0.3 is 12.1 Å². The largest absolute Gasteiger partial charge is 0.434 e. The Balaban J connectivity index is 1.76. The number of ether oxygens (including phenoxy) is 1. The molecule has 0 aliphatic carbocycles. The molecule has 0 radical (unpaired) electrons. The lowest BCUT2D eigenvalue weighted by atomic mass is 10.2. The van der Waals surface area contributed by atoms with Crippen molar-refractivity contribution in [2.75, 3.05) is 11.5 Å². The molecule has 0 atom stereocenters. The van der Waals surface area contributed by atoms with Crippen molar-refractivity contribution >= 4 is 29.5 Å². The number of hydrogen-bond donors (Lipinski definition) is 0. The van der Waals surface area contributed by atoms with Crippen LogP contribution < -0.4 is 4.74 Å². The SMILES string of the molecule is O=C(Oc1ccc(C2SCCS2)cc1)c1cccnc1C(F)(F)F. The molecule has 0 bridgehead atoms. The molecule has 0 unspecified atom stereocenters. The molecule has 0 saturated carbocycles. The Morgan fingerprint density at radius 2 is 1.79 bits per heavy atom. The van der Waals surface area contributed by atoms with Gasteiger partial charge in [-0.1, -0.05) is 12.1 Å². The average Bonchev–Trinajstić information content (AvgIpc) is 3.09. The van der Waals surface area contributed by atoms with Crippen molar-refractivity contribution in [3.8, 4) is 5.75 Å². The van der Waals surface area contributed by atoms with Crippen molar-refractivity contribution < 1.29 is 22.7 Å². The molecule has 8 heteroatoms. The number of carbonyl (C=O) groups is 1. The van der Waals surface area contributed by atoms with Crippen LogP contribution in [0.5, 0.6) is 5.75 Å². The first-order valence-electron chi connectivity index (χ1n) is 7.03. The monoisotopic (exact) mass is 371 g/mol. The number of benzene rings is 1. The summed E-state index contributed by atoms with van der Waals surface area (Å²) in [6.45, 7) is 0. The van der Waals surface area contributed by atoms with Gasteiger partial charge in [0.2, 0.25) is 0 Å². The van der Waals surface area contributed by atoms with E-state index in [1.54, 1.807) is 12.1 Å². The van der Waals surface area contributed by atoms with Gasteiger partial charge in [0.15, 0.2) is 5.69 Å². The van der Waals surface area contributed by atoms with Crippen LogP contribution in [0.3, 0.4) is 0 Å². The minimum atomic E-state index is -4.71. The van der Waals surface area contributed by atoms with Gasteiger partial charge in [0, 0.05) is 17.7 Å². The van der Waals surface area contributed by atoms with Crippen LogP contribution >= 0.6 is 23.5 Å². The summed E-state index contributed by atoms with van der Waals surface area (Å²) in [7, 11) is 0. The van der Waals surface area contributed by atoms with Crippen LogP contribution in [-0.2, 0) is 6.18 Å². The summed E-state index contributed by atoms with van der Waals surface area (Å²) in [4.78, 5) is 15.3. The molecule has 1 aromatic heterocycles. The van der Waals surface area contributed by atoms with Crippen molar-refractivity contribution in [1.29, 1.82) is 0 Å². The molecule has 24 heavy (non-hydrogen) atoms. The van der Waals surface area contributed by atoms with Gasteiger partial charge in [0.05, 0.1) is 10.1 Å². The molecule has 0 amide bonds. The molecule has 1 aromatic carbocycles. The maximum atomic E-state index is 12.9. The van der Waals surface area contributed by atoms with Gasteiger partial charge in [-0.05, 0) is 29.8 Å². The van der Waals surface area contributed by atoms with E-state index in [4.69, 9.17) is 4.74 Å². The first-order valence-corrected chi connectivity index (χ1v) is 9.12. The van der Waals surface area contributed by atoms with Crippen molar-refractivity contribution in [2.45, 2.75) is 10.8 Å². The van der Waals surface area contributed by atoms with E-state index in [0.717, 1.165) is 29.3 Å². The van der Waals surface area contributed by atoms with Crippen LogP contribution in [-0.4, -0.2) is 22.5 Å². The number of halogens is 3. The van der Waals surface area contributed by atoms with E-state index in [2.05, 4.69) is 4.98 Å². The second-order valence-corrected chi connectivity index (χ2v) is 7.65. The Labute approximate surface area is 145 Å². The predicted octanol–water partition coefficient (Wildman–Crippen LogP) is 4.80.